The van der Waals surface area contributed by atoms with Gasteiger partial charge in [0.2, 0.25) is 0 Å². The van der Waals surface area contributed by atoms with Crippen LogP contribution in [0.1, 0.15) is 30.3 Å². The van der Waals surface area contributed by atoms with Gasteiger partial charge in [-0.2, -0.15) is 0 Å². The van der Waals surface area contributed by atoms with E-state index in [0.717, 1.165) is 102 Å². The fraction of sp³-hybridized carbons (Fsp3) is 0.581. The van der Waals surface area contributed by atoms with E-state index in [1.807, 2.05) is 42.5 Å². The van der Waals surface area contributed by atoms with Crippen LogP contribution in [-0.4, -0.2) is 120 Å². The molecule has 3 aliphatic rings. The molecule has 11 nitrogen and oxygen atoms in total. The SMILES string of the molecule is O=C(O)CN1CCCN2CCN(CC3OC(c4ccccc4)O3)CCCN(CC1)CC(Cc1ccc([N+](=O)[O-])cc1)C2. The second-order valence-electron chi connectivity index (χ2n) is 11.7. The number of carbonyl (C=O) groups is 1. The number of fused-ring (bicyclic) bond motifs is 4. The molecule has 0 saturated carbocycles. The van der Waals surface area contributed by atoms with Crippen LogP contribution in [0.2, 0.25) is 0 Å². The Morgan fingerprint density at radius 3 is 2.07 bits per heavy atom. The topological polar surface area (TPSA) is 112 Å². The van der Waals surface area contributed by atoms with Gasteiger partial charge >= 0.3 is 5.97 Å². The van der Waals surface area contributed by atoms with Gasteiger partial charge in [-0.15, -0.1) is 0 Å². The van der Waals surface area contributed by atoms with E-state index in [9.17, 15) is 20.0 Å². The summed E-state index contributed by atoms with van der Waals surface area (Å²) in [5.41, 5.74) is 2.26. The summed E-state index contributed by atoms with van der Waals surface area (Å²) >= 11 is 0. The Morgan fingerprint density at radius 1 is 0.833 bits per heavy atom. The largest absolute Gasteiger partial charge is 0.480 e. The molecule has 2 bridgehead atoms. The summed E-state index contributed by atoms with van der Waals surface area (Å²) in [5.74, 6) is -0.426. The van der Waals surface area contributed by atoms with E-state index < -0.39 is 5.97 Å². The predicted molar refractivity (Wildman–Crippen MR) is 158 cm³/mol. The van der Waals surface area contributed by atoms with Gasteiger partial charge in [0.25, 0.3) is 5.69 Å². The Labute approximate surface area is 247 Å². The van der Waals surface area contributed by atoms with Gasteiger partial charge < -0.3 is 24.4 Å². The maximum Gasteiger partial charge on any atom is 0.317 e. The van der Waals surface area contributed by atoms with E-state index >= 15 is 0 Å². The van der Waals surface area contributed by atoms with Crippen LogP contribution in [-0.2, 0) is 20.7 Å². The summed E-state index contributed by atoms with van der Waals surface area (Å²) in [4.78, 5) is 31.8. The van der Waals surface area contributed by atoms with Crippen LogP contribution in [0.4, 0.5) is 5.69 Å². The highest BCUT2D eigenvalue weighted by molar-refractivity contribution is 5.69. The number of carboxylic acid groups (broad SMARTS) is 1. The first-order valence-corrected chi connectivity index (χ1v) is 15.1. The summed E-state index contributed by atoms with van der Waals surface area (Å²) in [5, 5.41) is 20.6. The Balaban J connectivity index is 1.26. The van der Waals surface area contributed by atoms with Crippen molar-refractivity contribution >= 4 is 11.7 Å². The molecule has 0 radical (unpaired) electrons. The number of aliphatic carboxylic acids is 1. The van der Waals surface area contributed by atoms with E-state index in [1.54, 1.807) is 12.1 Å². The molecule has 0 amide bonds. The molecule has 3 atom stereocenters. The third-order valence-corrected chi connectivity index (χ3v) is 8.46. The molecular weight excluding hydrogens is 538 g/mol. The molecule has 0 aliphatic carbocycles. The van der Waals surface area contributed by atoms with Crippen molar-refractivity contribution in [2.75, 3.05) is 78.5 Å². The number of nitrogens with zero attached hydrogens (tertiary/aromatic N) is 5. The Hall–Kier alpha value is -2.93. The molecule has 0 aromatic heterocycles. The lowest BCUT2D eigenvalue weighted by atomic mass is 9.97. The van der Waals surface area contributed by atoms with Gasteiger partial charge in [0.1, 0.15) is 0 Å². The monoisotopic (exact) mass is 581 g/mol. The molecule has 0 spiro atoms. The van der Waals surface area contributed by atoms with Crippen molar-refractivity contribution in [3.8, 4) is 0 Å². The summed E-state index contributed by atoms with van der Waals surface area (Å²) in [7, 11) is 0. The number of ether oxygens (including phenoxy) is 2. The number of hydrogen-bond donors (Lipinski definition) is 1. The van der Waals surface area contributed by atoms with Crippen LogP contribution in [0, 0.1) is 16.0 Å². The van der Waals surface area contributed by atoms with Gasteiger partial charge in [0.15, 0.2) is 12.6 Å². The van der Waals surface area contributed by atoms with Crippen molar-refractivity contribution in [1.82, 2.24) is 19.6 Å². The Bertz CT molecular complexity index is 1150. The summed E-state index contributed by atoms with van der Waals surface area (Å²) < 4.78 is 12.2. The molecule has 1 N–H and O–H groups in total. The zero-order valence-electron chi connectivity index (χ0n) is 24.3. The third-order valence-electron chi connectivity index (χ3n) is 8.46. The van der Waals surface area contributed by atoms with Gasteiger partial charge in [-0.1, -0.05) is 42.5 Å². The van der Waals surface area contributed by atoms with Crippen molar-refractivity contribution < 1.29 is 24.3 Å². The minimum atomic E-state index is -0.781. The number of non-ortho nitro benzene ring substituents is 1. The van der Waals surface area contributed by atoms with Crippen LogP contribution in [0.25, 0.3) is 0 Å². The molecule has 3 saturated heterocycles. The van der Waals surface area contributed by atoms with Crippen LogP contribution in [0.3, 0.4) is 0 Å². The van der Waals surface area contributed by atoms with Gasteiger partial charge in [-0.25, -0.2) is 0 Å². The fourth-order valence-corrected chi connectivity index (χ4v) is 6.30. The normalized spacial score (nSPS) is 28.3. The maximum atomic E-state index is 11.5. The first kappa shape index (κ1) is 30.5. The van der Waals surface area contributed by atoms with Gasteiger partial charge in [-0.3, -0.25) is 24.7 Å². The number of benzene rings is 2. The van der Waals surface area contributed by atoms with E-state index in [0.29, 0.717) is 5.92 Å². The quantitative estimate of drug-likeness (QED) is 0.369. The molecule has 228 valence electrons. The highest BCUT2D eigenvalue weighted by Crippen LogP contribution is 2.32. The molecule has 2 aromatic rings. The molecule has 3 unspecified atom stereocenters. The standard InChI is InChI=1S/C31H43N5O6/c37-29(38)23-34-14-4-12-33-17-19-35(24-30-41-31(42-30)27-6-2-1-3-7-27)15-5-13-32(16-18-34)21-26(22-33)20-25-8-10-28(11-9-25)36(39)40/h1-3,6-11,26,30-31H,4-5,12-24H2,(H,37,38). The molecular formula is C31H43N5O6. The van der Waals surface area contributed by atoms with Gasteiger partial charge in [0.05, 0.1) is 11.5 Å². The first-order chi connectivity index (χ1) is 20.4. The van der Waals surface area contributed by atoms with Crippen LogP contribution in [0.5, 0.6) is 0 Å². The average Bonchev–Trinajstić information content (AvgIpc) is 3.00. The van der Waals surface area contributed by atoms with Crippen molar-refractivity contribution in [2.24, 2.45) is 5.92 Å². The fourth-order valence-electron chi connectivity index (χ4n) is 6.30. The van der Waals surface area contributed by atoms with E-state index in [2.05, 4.69) is 19.6 Å². The third kappa shape index (κ3) is 9.03. The van der Waals surface area contributed by atoms with E-state index in [4.69, 9.17) is 9.47 Å². The van der Waals surface area contributed by atoms with E-state index in [-0.39, 0.29) is 29.7 Å². The minimum Gasteiger partial charge on any atom is -0.480 e. The first-order valence-electron chi connectivity index (χ1n) is 15.1. The highest BCUT2D eigenvalue weighted by Gasteiger charge is 2.33. The van der Waals surface area contributed by atoms with Gasteiger partial charge in [0, 0.05) is 70.1 Å². The molecule has 11 heteroatoms. The lowest BCUT2D eigenvalue weighted by Crippen LogP contribution is -2.47. The molecule has 42 heavy (non-hydrogen) atoms. The Kier molecular flexibility index (Phi) is 10.9. The summed E-state index contributed by atoms with van der Waals surface area (Å²) in [6, 6.07) is 17.0. The second-order valence-corrected chi connectivity index (χ2v) is 11.7. The van der Waals surface area contributed by atoms with Crippen LogP contribution >= 0.6 is 0 Å². The molecule has 5 rings (SSSR count). The predicted octanol–water partition coefficient (Wildman–Crippen LogP) is 2.93. The van der Waals surface area contributed by atoms with Crippen LogP contribution in [0.15, 0.2) is 54.6 Å². The average molecular weight is 582 g/mol. The molecule has 2 aromatic carbocycles. The number of hydrogen-bond acceptors (Lipinski definition) is 9. The number of nitro benzene ring substituents is 1. The van der Waals surface area contributed by atoms with Gasteiger partial charge in [-0.05, 0) is 50.4 Å². The number of nitro groups is 1. The van der Waals surface area contributed by atoms with E-state index in [1.165, 1.54) is 0 Å². The molecule has 3 fully saturated rings. The lowest BCUT2D eigenvalue weighted by molar-refractivity contribution is -0.392. The number of rotatable bonds is 8. The highest BCUT2D eigenvalue weighted by atomic mass is 16.9. The zero-order chi connectivity index (χ0) is 29.3. The van der Waals surface area contributed by atoms with Crippen molar-refractivity contribution in [1.29, 1.82) is 0 Å². The van der Waals surface area contributed by atoms with Crippen molar-refractivity contribution in [3.63, 3.8) is 0 Å². The van der Waals surface area contributed by atoms with Crippen molar-refractivity contribution in [3.05, 3.63) is 75.8 Å². The second kappa shape index (κ2) is 15.0. The summed E-state index contributed by atoms with van der Waals surface area (Å²) in [6.45, 7) is 9.51. The number of carboxylic acids is 1. The van der Waals surface area contributed by atoms with Crippen molar-refractivity contribution in [2.45, 2.75) is 31.8 Å². The molecule has 3 aliphatic heterocycles. The minimum absolute atomic E-state index is 0.0687. The van der Waals surface area contributed by atoms with Crippen LogP contribution < -0.4 is 0 Å². The zero-order valence-corrected chi connectivity index (χ0v) is 24.3. The molecule has 3 heterocycles. The maximum absolute atomic E-state index is 11.5. The Morgan fingerprint density at radius 2 is 1.45 bits per heavy atom. The lowest BCUT2D eigenvalue weighted by Gasteiger charge is -2.39. The summed E-state index contributed by atoms with van der Waals surface area (Å²) in [6.07, 6.45) is 2.23. The smallest absolute Gasteiger partial charge is 0.317 e.